The van der Waals surface area contributed by atoms with Gasteiger partial charge < -0.3 is 9.32 Å². The van der Waals surface area contributed by atoms with Gasteiger partial charge in [0.05, 0.1) is 5.69 Å². The Kier molecular flexibility index (Phi) is 6.76. The summed E-state index contributed by atoms with van der Waals surface area (Å²) in [7, 11) is 0. The minimum Gasteiger partial charge on any atom is -0.454 e. The molecule has 0 atom stereocenters. The van der Waals surface area contributed by atoms with E-state index in [0.29, 0.717) is 0 Å². The summed E-state index contributed by atoms with van der Waals surface area (Å²) >= 11 is 0. The van der Waals surface area contributed by atoms with Crippen molar-refractivity contribution in [3.8, 4) is 33.4 Å². The monoisotopic (exact) mass is 705 g/mol. The van der Waals surface area contributed by atoms with Crippen LogP contribution in [0.3, 0.4) is 0 Å². The van der Waals surface area contributed by atoms with Gasteiger partial charge in [-0.1, -0.05) is 147 Å². The number of fused-ring (bicyclic) bond motifs is 9. The molecule has 0 bridgehead atoms. The molecule has 0 saturated carbocycles. The first-order chi connectivity index (χ1) is 26.9. The topological polar surface area (TPSA) is 16.4 Å². The van der Waals surface area contributed by atoms with E-state index in [9.17, 15) is 0 Å². The molecule has 1 aromatic heterocycles. The van der Waals surface area contributed by atoms with Crippen LogP contribution in [0.5, 0.6) is 0 Å². The van der Waals surface area contributed by atoms with Gasteiger partial charge >= 0.3 is 0 Å². The Morgan fingerprint density at radius 2 is 1.00 bits per heavy atom. The molecule has 1 heterocycles. The summed E-state index contributed by atoms with van der Waals surface area (Å²) < 4.78 is 6.84. The van der Waals surface area contributed by atoms with Crippen LogP contribution >= 0.6 is 0 Å². The van der Waals surface area contributed by atoms with Gasteiger partial charge in [-0.15, -0.1) is 0 Å². The molecule has 11 rings (SSSR count). The van der Waals surface area contributed by atoms with Gasteiger partial charge in [-0.3, -0.25) is 0 Å². The lowest BCUT2D eigenvalue weighted by molar-refractivity contribution is 0.660. The molecule has 0 amide bonds. The molecule has 2 nitrogen and oxygen atoms in total. The lowest BCUT2D eigenvalue weighted by atomic mass is 9.74. The first-order valence-electron chi connectivity index (χ1n) is 19.3. The molecular formula is C53H39NO. The van der Waals surface area contributed by atoms with E-state index in [-0.39, 0.29) is 10.8 Å². The molecule has 0 radical (unpaired) electrons. The van der Waals surface area contributed by atoms with E-state index in [2.05, 4.69) is 208 Å². The molecule has 8 aromatic carbocycles. The molecule has 0 fully saturated rings. The molecule has 0 unspecified atom stereocenters. The number of nitrogens with zero attached hydrogens (tertiary/aromatic N) is 1. The van der Waals surface area contributed by atoms with Crippen molar-refractivity contribution in [2.24, 2.45) is 0 Å². The maximum atomic E-state index is 6.84. The Morgan fingerprint density at radius 1 is 0.418 bits per heavy atom. The molecular weight excluding hydrogens is 667 g/mol. The highest BCUT2D eigenvalue weighted by Gasteiger charge is 2.41. The molecule has 2 aliphatic carbocycles. The summed E-state index contributed by atoms with van der Waals surface area (Å²) in [4.78, 5) is 2.32. The number of benzene rings is 8. The molecule has 0 saturated heterocycles. The Balaban J connectivity index is 1.02. The molecule has 0 N–H and O–H groups in total. The van der Waals surface area contributed by atoms with Crippen molar-refractivity contribution in [3.63, 3.8) is 0 Å². The van der Waals surface area contributed by atoms with Crippen LogP contribution < -0.4 is 4.90 Å². The highest BCUT2D eigenvalue weighted by atomic mass is 16.3. The first-order valence-corrected chi connectivity index (χ1v) is 19.3. The third-order valence-electron chi connectivity index (χ3n) is 12.6. The zero-order chi connectivity index (χ0) is 36.9. The van der Waals surface area contributed by atoms with Crippen LogP contribution in [0.25, 0.3) is 55.3 Å². The van der Waals surface area contributed by atoms with Crippen LogP contribution in [0.15, 0.2) is 186 Å². The van der Waals surface area contributed by atoms with Crippen LogP contribution in [-0.2, 0) is 10.8 Å². The highest BCUT2D eigenvalue weighted by Crippen LogP contribution is 2.53. The minimum atomic E-state index is -0.279. The zero-order valence-electron chi connectivity index (χ0n) is 31.2. The molecule has 9 aromatic rings. The lowest BCUT2D eigenvalue weighted by Gasteiger charge is -2.28. The first kappa shape index (κ1) is 31.8. The Hall–Kier alpha value is -6.64. The number of hydrogen-bond donors (Lipinski definition) is 0. The quantitative estimate of drug-likeness (QED) is 0.177. The van der Waals surface area contributed by atoms with Crippen molar-refractivity contribution in [2.45, 2.75) is 31.6 Å². The fourth-order valence-corrected chi connectivity index (χ4v) is 9.73. The number of rotatable bonds is 5. The summed E-state index contributed by atoms with van der Waals surface area (Å²) in [5.74, 6) is 0. The van der Waals surface area contributed by atoms with E-state index in [4.69, 9.17) is 4.42 Å². The molecule has 2 aliphatic rings. The predicted octanol–water partition coefficient (Wildman–Crippen LogP) is 14.4. The van der Waals surface area contributed by atoms with E-state index in [1.807, 2.05) is 0 Å². The third-order valence-corrected chi connectivity index (χ3v) is 12.6. The second kappa shape index (κ2) is 11.7. The van der Waals surface area contributed by atoms with Gasteiger partial charge in [0.25, 0.3) is 0 Å². The summed E-state index contributed by atoms with van der Waals surface area (Å²) in [5, 5.41) is 2.24. The Bertz CT molecular complexity index is 2920. The van der Waals surface area contributed by atoms with E-state index in [0.717, 1.165) is 39.0 Å². The molecule has 262 valence electrons. The lowest BCUT2D eigenvalue weighted by Crippen LogP contribution is -2.22. The van der Waals surface area contributed by atoms with Gasteiger partial charge in [0.1, 0.15) is 5.58 Å². The maximum Gasteiger partial charge on any atom is 0.159 e. The van der Waals surface area contributed by atoms with Crippen LogP contribution in [0.2, 0.25) is 0 Å². The number of furan rings is 1. The number of hydrogen-bond acceptors (Lipinski definition) is 2. The van der Waals surface area contributed by atoms with Crippen LogP contribution in [-0.4, -0.2) is 0 Å². The van der Waals surface area contributed by atoms with Gasteiger partial charge in [-0.2, -0.15) is 0 Å². The van der Waals surface area contributed by atoms with Gasteiger partial charge in [-0.25, -0.2) is 0 Å². The van der Waals surface area contributed by atoms with Gasteiger partial charge in [0.2, 0.25) is 0 Å². The summed E-state index contributed by atoms with van der Waals surface area (Å²) in [6.07, 6.45) is 0. The normalized spacial score (nSPS) is 14.4. The van der Waals surface area contributed by atoms with E-state index < -0.39 is 0 Å². The number of anilines is 3. The van der Waals surface area contributed by atoms with Crippen molar-refractivity contribution in [3.05, 3.63) is 210 Å². The standard InChI is InChI=1S/C53H39NO/c1-52(2)45-20-10-7-16-39(45)42-30-26-35(32-48(42)52)34-24-28-38(29-25-34)54(37-14-5-4-6-15-37)49-23-13-19-43-44-33-36(27-31-50(44)55-51(43)49)53(3)46-21-11-8-17-40(46)41-18-9-12-22-47(41)53/h4-33H,1-3H3. The van der Waals surface area contributed by atoms with Gasteiger partial charge in [-0.05, 0) is 117 Å². The second-order valence-electron chi connectivity index (χ2n) is 15.8. The van der Waals surface area contributed by atoms with E-state index >= 15 is 0 Å². The van der Waals surface area contributed by atoms with Crippen LogP contribution in [0.1, 0.15) is 48.6 Å². The Morgan fingerprint density at radius 3 is 1.71 bits per heavy atom. The van der Waals surface area contributed by atoms with Crippen molar-refractivity contribution in [1.82, 2.24) is 0 Å². The minimum absolute atomic E-state index is 0.0399. The van der Waals surface area contributed by atoms with Crippen molar-refractivity contribution < 1.29 is 4.42 Å². The third kappa shape index (κ3) is 4.55. The molecule has 55 heavy (non-hydrogen) atoms. The van der Waals surface area contributed by atoms with Gasteiger partial charge in [0, 0.05) is 33.0 Å². The average molecular weight is 706 g/mol. The predicted molar refractivity (Wildman–Crippen MR) is 229 cm³/mol. The maximum absolute atomic E-state index is 6.84. The van der Waals surface area contributed by atoms with Crippen LogP contribution in [0.4, 0.5) is 17.1 Å². The molecule has 2 heteroatoms. The fraction of sp³-hybridized carbons (Fsp3) is 0.0943. The van der Waals surface area contributed by atoms with Crippen molar-refractivity contribution in [1.29, 1.82) is 0 Å². The second-order valence-corrected chi connectivity index (χ2v) is 15.8. The fourth-order valence-electron chi connectivity index (χ4n) is 9.73. The van der Waals surface area contributed by atoms with Crippen LogP contribution in [0, 0.1) is 0 Å². The van der Waals surface area contributed by atoms with Crippen molar-refractivity contribution >= 4 is 39.0 Å². The molecule has 0 spiro atoms. The smallest absolute Gasteiger partial charge is 0.159 e. The average Bonchev–Trinajstić information content (AvgIpc) is 3.83. The highest BCUT2D eigenvalue weighted by molar-refractivity contribution is 6.10. The largest absolute Gasteiger partial charge is 0.454 e. The SMILES string of the molecule is CC1(C)c2ccccc2-c2ccc(-c3ccc(N(c4ccccc4)c4cccc5c4oc4ccc(C6(C)c7ccccc7-c7ccccc76)cc45)cc3)cc21. The molecule has 0 aliphatic heterocycles. The zero-order valence-corrected chi connectivity index (χ0v) is 31.2. The van der Waals surface area contributed by atoms with E-state index in [1.165, 1.54) is 61.2 Å². The van der Waals surface area contributed by atoms with Crippen molar-refractivity contribution in [2.75, 3.05) is 4.90 Å². The number of para-hydroxylation sites is 2. The summed E-state index contributed by atoms with van der Waals surface area (Å²) in [6.45, 7) is 7.06. The summed E-state index contributed by atoms with van der Waals surface area (Å²) in [5.41, 5.74) is 19.1. The van der Waals surface area contributed by atoms with Gasteiger partial charge in [0.15, 0.2) is 5.58 Å². The van der Waals surface area contributed by atoms with E-state index in [1.54, 1.807) is 0 Å². The Labute approximate surface area is 322 Å². The summed E-state index contributed by atoms with van der Waals surface area (Å²) in [6, 6.07) is 66.5.